The molecule has 7 heteroatoms. The van der Waals surface area contributed by atoms with Crippen LogP contribution in [0.2, 0.25) is 0 Å². The summed E-state index contributed by atoms with van der Waals surface area (Å²) in [6.45, 7) is 0. The molecule has 7 nitrogen and oxygen atoms in total. The predicted molar refractivity (Wildman–Crippen MR) is 99.9 cm³/mol. The third-order valence-corrected chi connectivity index (χ3v) is 4.29. The van der Waals surface area contributed by atoms with Crippen LogP contribution in [0.25, 0.3) is 27.5 Å². The highest BCUT2D eigenvalue weighted by Crippen LogP contribution is 2.34. The quantitative estimate of drug-likeness (QED) is 0.540. The van der Waals surface area contributed by atoms with Crippen LogP contribution in [0.4, 0.5) is 11.4 Å². The Morgan fingerprint density at radius 3 is 2.88 bits per heavy atom. The van der Waals surface area contributed by atoms with Crippen LogP contribution in [0.5, 0.6) is 5.75 Å². The topological polar surface area (TPSA) is 77.2 Å². The van der Waals surface area contributed by atoms with E-state index in [4.69, 9.17) is 9.72 Å². The molecule has 26 heavy (non-hydrogen) atoms. The Morgan fingerprint density at radius 2 is 1.96 bits per heavy atom. The standard InChI is InChI=1S/C19H14N6O/c1-26-13-4-2-3-12(9-13)22-17-14-5-7-20-10-15(14)23-18-16-6-8-21-11-25(16)24-19(17)18/h2-11,22H,1H3. The minimum Gasteiger partial charge on any atom is -0.497 e. The largest absolute Gasteiger partial charge is 0.497 e. The molecule has 1 N–H and O–H groups in total. The number of nitrogens with one attached hydrogen (secondary N) is 1. The minimum absolute atomic E-state index is 0.777. The minimum atomic E-state index is 0.777. The Morgan fingerprint density at radius 1 is 1.04 bits per heavy atom. The molecular formula is C19H14N6O. The summed E-state index contributed by atoms with van der Waals surface area (Å²) in [5, 5.41) is 9.11. The van der Waals surface area contributed by atoms with Gasteiger partial charge in [0.15, 0.2) is 0 Å². The lowest BCUT2D eigenvalue weighted by molar-refractivity contribution is 0.415. The second-order valence-electron chi connectivity index (χ2n) is 5.84. The maximum Gasteiger partial charge on any atom is 0.136 e. The van der Waals surface area contributed by atoms with Crippen molar-refractivity contribution in [3.05, 3.63) is 61.3 Å². The SMILES string of the molecule is COc1cccc(Nc2c3ccncc3nc3c2nn2cnccc32)c1. The molecule has 0 aliphatic carbocycles. The number of nitrogens with zero attached hydrogens (tertiary/aromatic N) is 5. The van der Waals surface area contributed by atoms with Gasteiger partial charge in [0.2, 0.25) is 0 Å². The van der Waals surface area contributed by atoms with Crippen molar-refractivity contribution in [2.24, 2.45) is 0 Å². The van der Waals surface area contributed by atoms with Crippen LogP contribution in [0.1, 0.15) is 0 Å². The molecule has 126 valence electrons. The van der Waals surface area contributed by atoms with Gasteiger partial charge < -0.3 is 10.1 Å². The number of hydrogen-bond donors (Lipinski definition) is 1. The molecule has 5 rings (SSSR count). The van der Waals surface area contributed by atoms with E-state index in [1.165, 1.54) is 0 Å². The lowest BCUT2D eigenvalue weighted by atomic mass is 10.1. The van der Waals surface area contributed by atoms with Crippen molar-refractivity contribution in [2.75, 3.05) is 12.4 Å². The maximum absolute atomic E-state index is 5.33. The molecule has 4 heterocycles. The van der Waals surface area contributed by atoms with Gasteiger partial charge in [-0.05, 0) is 24.3 Å². The lowest BCUT2D eigenvalue weighted by Crippen LogP contribution is -1.96. The van der Waals surface area contributed by atoms with Crippen LogP contribution in [-0.4, -0.2) is 31.7 Å². The number of aromatic nitrogens is 5. The molecule has 0 unspecified atom stereocenters. The number of pyridine rings is 2. The van der Waals surface area contributed by atoms with Gasteiger partial charge in [0.05, 0.1) is 30.0 Å². The van der Waals surface area contributed by atoms with E-state index in [-0.39, 0.29) is 0 Å². The molecule has 0 fully saturated rings. The summed E-state index contributed by atoms with van der Waals surface area (Å²) in [6, 6.07) is 11.6. The molecule has 4 aromatic heterocycles. The van der Waals surface area contributed by atoms with Gasteiger partial charge >= 0.3 is 0 Å². The van der Waals surface area contributed by atoms with Gasteiger partial charge in [-0.1, -0.05) is 6.07 Å². The average Bonchev–Trinajstić information content (AvgIpc) is 3.06. The number of anilines is 2. The zero-order valence-electron chi connectivity index (χ0n) is 13.9. The molecule has 0 amide bonds. The van der Waals surface area contributed by atoms with Gasteiger partial charge in [-0.2, -0.15) is 5.10 Å². The van der Waals surface area contributed by atoms with Gasteiger partial charge in [0, 0.05) is 29.5 Å². The maximum atomic E-state index is 5.33. The van der Waals surface area contributed by atoms with Crippen LogP contribution in [-0.2, 0) is 0 Å². The van der Waals surface area contributed by atoms with E-state index in [9.17, 15) is 0 Å². The molecular weight excluding hydrogens is 328 g/mol. The molecule has 0 atom stereocenters. The molecule has 0 aliphatic rings. The van der Waals surface area contributed by atoms with E-state index in [0.717, 1.165) is 44.6 Å². The van der Waals surface area contributed by atoms with E-state index in [2.05, 4.69) is 20.4 Å². The first-order valence-electron chi connectivity index (χ1n) is 8.10. The average molecular weight is 342 g/mol. The fourth-order valence-corrected chi connectivity index (χ4v) is 3.08. The van der Waals surface area contributed by atoms with Gasteiger partial charge in [-0.3, -0.25) is 4.98 Å². The zero-order chi connectivity index (χ0) is 17.5. The molecule has 0 bridgehead atoms. The summed E-state index contributed by atoms with van der Waals surface area (Å²) in [5.74, 6) is 0.783. The van der Waals surface area contributed by atoms with E-state index < -0.39 is 0 Å². The van der Waals surface area contributed by atoms with Gasteiger partial charge in [-0.25, -0.2) is 14.5 Å². The fraction of sp³-hybridized carbons (Fsp3) is 0.0526. The fourth-order valence-electron chi connectivity index (χ4n) is 3.08. The number of ether oxygens (including phenoxy) is 1. The molecule has 0 aliphatic heterocycles. The number of rotatable bonds is 3. The van der Waals surface area contributed by atoms with Gasteiger partial charge in [-0.15, -0.1) is 0 Å². The Bertz CT molecular complexity index is 1260. The second-order valence-corrected chi connectivity index (χ2v) is 5.84. The highest BCUT2D eigenvalue weighted by molar-refractivity contribution is 6.10. The van der Waals surface area contributed by atoms with E-state index in [1.54, 1.807) is 36.5 Å². The van der Waals surface area contributed by atoms with Crippen LogP contribution in [0.3, 0.4) is 0 Å². The lowest BCUT2D eigenvalue weighted by Gasteiger charge is -2.11. The third kappa shape index (κ3) is 2.21. The Kier molecular flexibility index (Phi) is 3.18. The highest BCUT2D eigenvalue weighted by Gasteiger charge is 2.15. The van der Waals surface area contributed by atoms with Gasteiger partial charge in [0.25, 0.3) is 0 Å². The van der Waals surface area contributed by atoms with Crippen molar-refractivity contribution in [3.8, 4) is 5.75 Å². The smallest absolute Gasteiger partial charge is 0.136 e. The van der Waals surface area contributed by atoms with Crippen molar-refractivity contribution >= 4 is 38.8 Å². The van der Waals surface area contributed by atoms with Crippen molar-refractivity contribution in [1.29, 1.82) is 0 Å². The first-order chi connectivity index (χ1) is 12.8. The Balaban J connectivity index is 1.82. The second kappa shape index (κ2) is 5.66. The van der Waals surface area contributed by atoms with E-state index in [0.29, 0.717) is 0 Å². The van der Waals surface area contributed by atoms with E-state index >= 15 is 0 Å². The Labute approximate surface area is 148 Å². The number of benzene rings is 1. The molecule has 5 aromatic rings. The zero-order valence-corrected chi connectivity index (χ0v) is 13.9. The van der Waals surface area contributed by atoms with Crippen LogP contribution in [0, 0.1) is 0 Å². The molecule has 0 spiro atoms. The molecule has 0 radical (unpaired) electrons. The van der Waals surface area contributed by atoms with Crippen molar-refractivity contribution < 1.29 is 4.74 Å². The highest BCUT2D eigenvalue weighted by atomic mass is 16.5. The van der Waals surface area contributed by atoms with Crippen LogP contribution >= 0.6 is 0 Å². The van der Waals surface area contributed by atoms with Crippen LogP contribution < -0.4 is 10.1 Å². The predicted octanol–water partition coefficient (Wildman–Crippen LogP) is 3.58. The summed E-state index contributed by atoms with van der Waals surface area (Å²) in [7, 11) is 1.65. The summed E-state index contributed by atoms with van der Waals surface area (Å²) < 4.78 is 7.06. The number of methoxy groups -OCH3 is 1. The Hall–Kier alpha value is -3.74. The van der Waals surface area contributed by atoms with Gasteiger partial charge in [0.1, 0.15) is 23.1 Å². The number of fused-ring (bicyclic) bond motifs is 4. The monoisotopic (exact) mass is 342 g/mol. The summed E-state index contributed by atoms with van der Waals surface area (Å²) in [6.07, 6.45) is 6.93. The third-order valence-electron chi connectivity index (χ3n) is 4.29. The number of hydrogen-bond acceptors (Lipinski definition) is 6. The molecule has 0 saturated heterocycles. The summed E-state index contributed by atoms with van der Waals surface area (Å²) in [4.78, 5) is 13.1. The summed E-state index contributed by atoms with van der Waals surface area (Å²) >= 11 is 0. The van der Waals surface area contributed by atoms with Crippen molar-refractivity contribution in [3.63, 3.8) is 0 Å². The molecule has 1 aromatic carbocycles. The molecule has 0 saturated carbocycles. The first kappa shape index (κ1) is 14.6. The van der Waals surface area contributed by atoms with Crippen molar-refractivity contribution in [2.45, 2.75) is 0 Å². The summed E-state index contributed by atoms with van der Waals surface area (Å²) in [5.41, 5.74) is 5.07. The van der Waals surface area contributed by atoms with Crippen molar-refractivity contribution in [1.82, 2.24) is 24.6 Å². The first-order valence-corrected chi connectivity index (χ1v) is 8.10. The van der Waals surface area contributed by atoms with E-state index in [1.807, 2.05) is 36.4 Å². The normalized spacial score (nSPS) is 11.3. The van der Waals surface area contributed by atoms with Crippen LogP contribution in [0.15, 0.2) is 61.3 Å².